The van der Waals surface area contributed by atoms with Crippen LogP contribution in [0.2, 0.25) is 4.34 Å². The van der Waals surface area contributed by atoms with Crippen molar-refractivity contribution >= 4 is 40.2 Å². The smallest absolute Gasteiger partial charge is 0.273 e. The van der Waals surface area contributed by atoms with Gasteiger partial charge in [0.25, 0.3) is 5.91 Å². The van der Waals surface area contributed by atoms with Gasteiger partial charge in [-0.25, -0.2) is 9.37 Å². The van der Waals surface area contributed by atoms with E-state index in [4.69, 9.17) is 11.6 Å². The normalized spacial score (nSPS) is 18.6. The number of thiophene rings is 1. The molecule has 1 saturated heterocycles. The molecule has 0 bridgehead atoms. The van der Waals surface area contributed by atoms with Crippen LogP contribution in [0, 0.1) is 5.82 Å². The fourth-order valence-corrected chi connectivity index (χ4v) is 5.45. The Hall–Kier alpha value is -1.84. The summed E-state index contributed by atoms with van der Waals surface area (Å²) in [6.07, 6.45) is 2.68. The molecule has 0 aliphatic carbocycles. The van der Waals surface area contributed by atoms with Gasteiger partial charge in [-0.05, 0) is 49.1 Å². The van der Waals surface area contributed by atoms with Gasteiger partial charge in [0.05, 0.1) is 9.21 Å². The summed E-state index contributed by atoms with van der Waals surface area (Å²) in [4.78, 5) is 19.8. The number of benzene rings is 1. The predicted octanol–water partition coefficient (Wildman–Crippen LogP) is 5.12. The topological polar surface area (TPSA) is 57.3 Å². The van der Waals surface area contributed by atoms with Crippen LogP contribution in [0.4, 0.5) is 4.39 Å². The number of nitrogens with zero attached hydrogens (tertiary/aromatic N) is 2. The third kappa shape index (κ3) is 5.07. The van der Waals surface area contributed by atoms with Gasteiger partial charge in [0.15, 0.2) is 0 Å². The summed E-state index contributed by atoms with van der Waals surface area (Å²) in [7, 11) is 1.80. The molecule has 158 valence electrons. The highest BCUT2D eigenvalue weighted by molar-refractivity contribution is 7.23. The number of aromatic nitrogens is 1. The molecule has 1 aliphatic heterocycles. The van der Waals surface area contributed by atoms with Crippen molar-refractivity contribution in [1.82, 2.24) is 20.7 Å². The van der Waals surface area contributed by atoms with E-state index in [2.05, 4.69) is 15.8 Å². The van der Waals surface area contributed by atoms with Gasteiger partial charge in [-0.2, -0.15) is 0 Å². The Bertz CT molecular complexity index is 1020. The largest absolute Gasteiger partial charge is 0.340 e. The summed E-state index contributed by atoms with van der Waals surface area (Å²) in [5.74, 6) is -0.291. The lowest BCUT2D eigenvalue weighted by atomic mass is 9.99. The molecular formula is C21H22ClFN4OS2. The minimum atomic E-state index is -0.217. The summed E-state index contributed by atoms with van der Waals surface area (Å²) >= 11 is 8.90. The molecule has 0 saturated carbocycles. The van der Waals surface area contributed by atoms with Crippen LogP contribution >= 0.6 is 34.3 Å². The maximum atomic E-state index is 13.4. The SMILES string of the molecule is CN(CCCC1CC(c2cccc(F)c2)NN1)C(=O)c1csc(-c2ccc(Cl)s2)n1. The number of halogens is 2. The minimum absolute atomic E-state index is 0.0738. The quantitative estimate of drug-likeness (QED) is 0.509. The molecule has 1 fully saturated rings. The van der Waals surface area contributed by atoms with Gasteiger partial charge in [0, 0.05) is 31.1 Å². The first kappa shape index (κ1) is 21.4. The number of nitrogens with one attached hydrogen (secondary N) is 2. The number of rotatable bonds is 7. The molecule has 9 heteroatoms. The van der Waals surface area contributed by atoms with Crippen LogP contribution in [0.1, 0.15) is 41.4 Å². The van der Waals surface area contributed by atoms with Crippen LogP contribution < -0.4 is 10.9 Å². The number of thiazole rings is 1. The van der Waals surface area contributed by atoms with E-state index in [1.807, 2.05) is 18.2 Å². The Labute approximate surface area is 187 Å². The molecule has 3 heterocycles. The molecule has 1 amide bonds. The molecule has 4 rings (SSSR count). The molecule has 5 nitrogen and oxygen atoms in total. The maximum absolute atomic E-state index is 13.4. The van der Waals surface area contributed by atoms with Gasteiger partial charge in [-0.1, -0.05) is 23.7 Å². The summed E-state index contributed by atoms with van der Waals surface area (Å²) in [5.41, 5.74) is 7.94. The van der Waals surface area contributed by atoms with Crippen molar-refractivity contribution in [2.45, 2.75) is 31.3 Å². The second-order valence-corrected chi connectivity index (χ2v) is 9.91. The second-order valence-electron chi connectivity index (χ2n) is 7.34. The lowest BCUT2D eigenvalue weighted by molar-refractivity contribution is 0.0787. The number of hydrogen-bond acceptors (Lipinski definition) is 6. The fourth-order valence-electron chi connectivity index (χ4n) is 3.54. The van der Waals surface area contributed by atoms with Crippen molar-refractivity contribution in [2.24, 2.45) is 0 Å². The average Bonchev–Trinajstić information content (AvgIpc) is 3.48. The second kappa shape index (κ2) is 9.53. The summed E-state index contributed by atoms with van der Waals surface area (Å²) < 4.78 is 14.1. The molecule has 2 N–H and O–H groups in total. The van der Waals surface area contributed by atoms with Gasteiger partial charge in [0.2, 0.25) is 0 Å². The van der Waals surface area contributed by atoms with E-state index < -0.39 is 0 Å². The van der Waals surface area contributed by atoms with Gasteiger partial charge < -0.3 is 4.90 Å². The first-order chi connectivity index (χ1) is 14.5. The minimum Gasteiger partial charge on any atom is -0.340 e. The Balaban J connectivity index is 1.24. The molecule has 30 heavy (non-hydrogen) atoms. The number of hydrogen-bond donors (Lipinski definition) is 2. The molecule has 2 aromatic heterocycles. The number of carbonyl (C=O) groups excluding carboxylic acids is 1. The third-order valence-electron chi connectivity index (χ3n) is 5.13. The summed E-state index contributed by atoms with van der Waals surface area (Å²) in [6, 6.07) is 10.8. The monoisotopic (exact) mass is 464 g/mol. The lowest BCUT2D eigenvalue weighted by Crippen LogP contribution is -2.32. The zero-order valence-corrected chi connectivity index (χ0v) is 18.8. The standard InChI is InChI=1S/C21H22ClFN4OS2/c1-27(21(28)17-12-29-20(24-17)18-7-8-19(22)30-18)9-3-6-15-11-16(26-25-15)13-4-2-5-14(23)10-13/h2,4-5,7-8,10,12,15-16,25-26H,3,6,9,11H2,1H3. The molecular weight excluding hydrogens is 443 g/mol. The van der Waals surface area contributed by atoms with Gasteiger partial charge in [-0.3, -0.25) is 15.6 Å². The van der Waals surface area contributed by atoms with Crippen LogP contribution in [0.5, 0.6) is 0 Å². The van der Waals surface area contributed by atoms with E-state index in [-0.39, 0.29) is 23.8 Å². The van der Waals surface area contributed by atoms with Gasteiger partial charge in [-0.15, -0.1) is 22.7 Å². The Morgan fingerprint density at radius 1 is 1.33 bits per heavy atom. The van der Waals surface area contributed by atoms with Gasteiger partial charge >= 0.3 is 0 Å². The maximum Gasteiger partial charge on any atom is 0.273 e. The van der Waals surface area contributed by atoms with Crippen molar-refractivity contribution < 1.29 is 9.18 Å². The zero-order valence-electron chi connectivity index (χ0n) is 16.4. The molecule has 3 aromatic rings. The highest BCUT2D eigenvalue weighted by Crippen LogP contribution is 2.33. The Morgan fingerprint density at radius 3 is 2.97 bits per heavy atom. The lowest BCUT2D eigenvalue weighted by Gasteiger charge is -2.17. The van der Waals surface area contributed by atoms with Crippen molar-refractivity contribution in [1.29, 1.82) is 0 Å². The number of carbonyl (C=O) groups is 1. The van der Waals surface area contributed by atoms with E-state index in [0.29, 0.717) is 16.6 Å². The zero-order chi connectivity index (χ0) is 21.1. The van der Waals surface area contributed by atoms with E-state index in [0.717, 1.165) is 34.7 Å². The molecule has 1 aromatic carbocycles. The van der Waals surface area contributed by atoms with Crippen LogP contribution in [-0.4, -0.2) is 35.4 Å². The van der Waals surface area contributed by atoms with Crippen molar-refractivity contribution in [3.05, 3.63) is 63.2 Å². The Morgan fingerprint density at radius 2 is 2.20 bits per heavy atom. The van der Waals surface area contributed by atoms with Crippen LogP contribution in [0.3, 0.4) is 0 Å². The molecule has 0 spiro atoms. The van der Waals surface area contributed by atoms with Crippen LogP contribution in [0.25, 0.3) is 9.88 Å². The summed E-state index contributed by atoms with van der Waals surface area (Å²) in [5, 5.41) is 2.61. The van der Waals surface area contributed by atoms with E-state index in [1.54, 1.807) is 29.5 Å². The van der Waals surface area contributed by atoms with Crippen molar-refractivity contribution in [3.8, 4) is 9.88 Å². The fraction of sp³-hybridized carbons (Fsp3) is 0.333. The third-order valence-corrected chi connectivity index (χ3v) is 7.38. The van der Waals surface area contributed by atoms with Crippen molar-refractivity contribution in [2.75, 3.05) is 13.6 Å². The average molecular weight is 465 g/mol. The highest BCUT2D eigenvalue weighted by atomic mass is 35.5. The number of hydrazine groups is 1. The molecule has 2 atom stereocenters. The van der Waals surface area contributed by atoms with Crippen LogP contribution in [0.15, 0.2) is 41.8 Å². The van der Waals surface area contributed by atoms with Crippen LogP contribution in [-0.2, 0) is 0 Å². The highest BCUT2D eigenvalue weighted by Gasteiger charge is 2.25. The predicted molar refractivity (Wildman–Crippen MR) is 120 cm³/mol. The molecule has 0 radical (unpaired) electrons. The Kier molecular flexibility index (Phi) is 6.80. The van der Waals surface area contributed by atoms with E-state index >= 15 is 0 Å². The van der Waals surface area contributed by atoms with E-state index in [1.165, 1.54) is 28.7 Å². The molecule has 1 aliphatic rings. The first-order valence-corrected chi connectivity index (χ1v) is 11.8. The van der Waals surface area contributed by atoms with Crippen molar-refractivity contribution in [3.63, 3.8) is 0 Å². The number of amides is 1. The first-order valence-electron chi connectivity index (χ1n) is 9.73. The van der Waals surface area contributed by atoms with Gasteiger partial charge in [0.1, 0.15) is 16.5 Å². The van der Waals surface area contributed by atoms with E-state index in [9.17, 15) is 9.18 Å². The summed E-state index contributed by atoms with van der Waals surface area (Å²) in [6.45, 7) is 0.652. The molecule has 2 unspecified atom stereocenters.